The number of nitrogens with zero attached hydrogens (tertiary/aromatic N) is 2. The number of fused-ring (bicyclic) bond motifs is 1. The van der Waals surface area contributed by atoms with Crippen LogP contribution in [-0.2, 0) is 0 Å². The Labute approximate surface area is 145 Å². The second kappa shape index (κ2) is 6.73. The van der Waals surface area contributed by atoms with Crippen LogP contribution in [0.4, 0.5) is 5.69 Å². The van der Waals surface area contributed by atoms with E-state index >= 15 is 0 Å². The first-order valence-electron chi connectivity index (χ1n) is 7.97. The Kier molecular flexibility index (Phi) is 4.48. The zero-order valence-corrected chi connectivity index (χ0v) is 14.0. The fourth-order valence-corrected chi connectivity index (χ4v) is 2.82. The molecular formula is C20H18N2O3. The van der Waals surface area contributed by atoms with Crippen molar-refractivity contribution >= 4 is 22.4 Å². The van der Waals surface area contributed by atoms with Crippen LogP contribution >= 0.6 is 0 Å². The van der Waals surface area contributed by atoms with Crippen LogP contribution in [0, 0.1) is 10.1 Å². The lowest BCUT2D eigenvalue weighted by molar-refractivity contribution is -0.384. The topological polar surface area (TPSA) is 63.5 Å². The van der Waals surface area contributed by atoms with Gasteiger partial charge in [-0.1, -0.05) is 42.5 Å². The Bertz CT molecular complexity index is 952. The van der Waals surface area contributed by atoms with Gasteiger partial charge in [0.2, 0.25) is 0 Å². The molecule has 0 spiro atoms. The van der Waals surface area contributed by atoms with Gasteiger partial charge in [-0.15, -0.1) is 0 Å². The van der Waals surface area contributed by atoms with Crippen LogP contribution in [-0.4, -0.2) is 22.8 Å². The fraction of sp³-hybridized carbons (Fsp3) is 0.150. The molecule has 5 heteroatoms. The summed E-state index contributed by atoms with van der Waals surface area (Å²) in [7, 11) is 1.71. The standard InChI is InChI=1S/C20H18N2O3/c1-14(16-8-5-9-19(13-16)22(24)25)21(2)20(23)18-11-10-15-6-3-4-7-17(15)12-18/h3-14H,1-2H3/t14-/m1/s1. The van der Waals surface area contributed by atoms with Crippen LogP contribution in [0.3, 0.4) is 0 Å². The van der Waals surface area contributed by atoms with Crippen molar-refractivity contribution in [2.24, 2.45) is 0 Å². The molecule has 0 saturated heterocycles. The lowest BCUT2D eigenvalue weighted by Crippen LogP contribution is -2.29. The highest BCUT2D eigenvalue weighted by Crippen LogP contribution is 2.25. The predicted octanol–water partition coefficient (Wildman–Crippen LogP) is 4.58. The number of carbonyl (C=O) groups is 1. The normalized spacial score (nSPS) is 11.9. The summed E-state index contributed by atoms with van der Waals surface area (Å²) >= 11 is 0. The highest BCUT2D eigenvalue weighted by atomic mass is 16.6. The third kappa shape index (κ3) is 3.35. The third-order valence-electron chi connectivity index (χ3n) is 4.46. The van der Waals surface area contributed by atoms with Crippen LogP contribution in [0.1, 0.15) is 28.9 Å². The largest absolute Gasteiger partial charge is 0.335 e. The second-order valence-electron chi connectivity index (χ2n) is 6.01. The summed E-state index contributed by atoms with van der Waals surface area (Å²) < 4.78 is 0. The minimum atomic E-state index is -0.429. The molecule has 1 amide bonds. The van der Waals surface area contributed by atoms with Crippen molar-refractivity contribution in [3.63, 3.8) is 0 Å². The predicted molar refractivity (Wildman–Crippen MR) is 97.6 cm³/mol. The molecular weight excluding hydrogens is 316 g/mol. The number of nitro groups is 1. The van der Waals surface area contributed by atoms with Gasteiger partial charge < -0.3 is 4.90 Å². The molecule has 0 aliphatic carbocycles. The van der Waals surface area contributed by atoms with E-state index in [1.165, 1.54) is 12.1 Å². The van der Waals surface area contributed by atoms with E-state index in [0.717, 1.165) is 16.3 Å². The lowest BCUT2D eigenvalue weighted by atomic mass is 10.0. The molecule has 1 atom stereocenters. The monoisotopic (exact) mass is 334 g/mol. The minimum absolute atomic E-state index is 0.0240. The molecule has 0 unspecified atom stereocenters. The van der Waals surface area contributed by atoms with Gasteiger partial charge in [0, 0.05) is 24.7 Å². The number of benzene rings is 3. The summed E-state index contributed by atoms with van der Waals surface area (Å²) in [5, 5.41) is 13.0. The van der Waals surface area contributed by atoms with E-state index in [0.29, 0.717) is 5.56 Å². The molecule has 0 fully saturated rings. The summed E-state index contributed by atoms with van der Waals surface area (Å²) in [5.41, 5.74) is 1.35. The summed E-state index contributed by atoms with van der Waals surface area (Å²) in [6.07, 6.45) is 0. The summed E-state index contributed by atoms with van der Waals surface area (Å²) in [5.74, 6) is -0.121. The molecule has 0 aliphatic heterocycles. The number of carbonyl (C=O) groups excluding carboxylic acids is 1. The van der Waals surface area contributed by atoms with Gasteiger partial charge in [-0.2, -0.15) is 0 Å². The summed E-state index contributed by atoms with van der Waals surface area (Å²) in [6.45, 7) is 1.86. The Hall–Kier alpha value is -3.21. The molecule has 0 heterocycles. The average molecular weight is 334 g/mol. The zero-order chi connectivity index (χ0) is 18.0. The van der Waals surface area contributed by atoms with Crippen molar-refractivity contribution in [3.05, 3.63) is 88.0 Å². The Morgan fingerprint density at radius 1 is 1.00 bits per heavy atom. The molecule has 0 radical (unpaired) electrons. The quantitative estimate of drug-likeness (QED) is 0.518. The Morgan fingerprint density at radius 3 is 2.44 bits per heavy atom. The zero-order valence-electron chi connectivity index (χ0n) is 14.0. The smallest absolute Gasteiger partial charge is 0.269 e. The van der Waals surface area contributed by atoms with Crippen LogP contribution in [0.2, 0.25) is 0 Å². The number of non-ortho nitro benzene ring substituents is 1. The molecule has 0 aliphatic rings. The molecule has 3 aromatic carbocycles. The summed E-state index contributed by atoms with van der Waals surface area (Å²) in [6, 6.07) is 19.6. The van der Waals surface area contributed by atoms with E-state index in [9.17, 15) is 14.9 Å². The van der Waals surface area contributed by atoms with Crippen molar-refractivity contribution in [2.45, 2.75) is 13.0 Å². The first kappa shape index (κ1) is 16.6. The lowest BCUT2D eigenvalue weighted by Gasteiger charge is -2.25. The van der Waals surface area contributed by atoms with E-state index in [-0.39, 0.29) is 17.6 Å². The average Bonchev–Trinajstić information content (AvgIpc) is 2.65. The number of hydrogen-bond donors (Lipinski definition) is 0. The van der Waals surface area contributed by atoms with Gasteiger partial charge in [0.15, 0.2) is 0 Å². The molecule has 0 aromatic heterocycles. The Balaban J connectivity index is 1.87. The maximum Gasteiger partial charge on any atom is 0.269 e. The van der Waals surface area contributed by atoms with E-state index < -0.39 is 4.92 Å². The SMILES string of the molecule is C[C@H](c1cccc([N+](=O)[O-])c1)N(C)C(=O)c1ccc2ccccc2c1. The molecule has 0 bridgehead atoms. The minimum Gasteiger partial charge on any atom is -0.335 e. The number of amides is 1. The maximum atomic E-state index is 12.8. The van der Waals surface area contributed by atoms with Crippen LogP contribution < -0.4 is 0 Å². The van der Waals surface area contributed by atoms with Crippen molar-refractivity contribution < 1.29 is 9.72 Å². The molecule has 3 rings (SSSR count). The van der Waals surface area contributed by atoms with Crippen LogP contribution in [0.5, 0.6) is 0 Å². The van der Waals surface area contributed by atoms with Gasteiger partial charge in [0.25, 0.3) is 11.6 Å². The van der Waals surface area contributed by atoms with E-state index in [4.69, 9.17) is 0 Å². The van der Waals surface area contributed by atoms with Gasteiger partial charge >= 0.3 is 0 Å². The molecule has 25 heavy (non-hydrogen) atoms. The number of hydrogen-bond acceptors (Lipinski definition) is 3. The van der Waals surface area contributed by atoms with Crippen molar-refractivity contribution in [1.29, 1.82) is 0 Å². The van der Waals surface area contributed by atoms with Gasteiger partial charge in [-0.05, 0) is 35.4 Å². The highest BCUT2D eigenvalue weighted by molar-refractivity contribution is 5.98. The highest BCUT2D eigenvalue weighted by Gasteiger charge is 2.20. The first-order chi connectivity index (χ1) is 12.0. The number of nitro benzene ring substituents is 1. The number of rotatable bonds is 4. The van der Waals surface area contributed by atoms with Crippen molar-refractivity contribution in [3.8, 4) is 0 Å². The molecule has 126 valence electrons. The van der Waals surface area contributed by atoms with Gasteiger partial charge in [0.05, 0.1) is 11.0 Å². The van der Waals surface area contributed by atoms with E-state index in [1.807, 2.05) is 43.3 Å². The molecule has 3 aromatic rings. The summed E-state index contributed by atoms with van der Waals surface area (Å²) in [4.78, 5) is 24.9. The van der Waals surface area contributed by atoms with E-state index in [1.54, 1.807) is 30.1 Å². The van der Waals surface area contributed by atoms with Crippen molar-refractivity contribution in [2.75, 3.05) is 7.05 Å². The van der Waals surface area contributed by atoms with Crippen molar-refractivity contribution in [1.82, 2.24) is 4.90 Å². The fourth-order valence-electron chi connectivity index (χ4n) is 2.82. The molecule has 5 nitrogen and oxygen atoms in total. The van der Waals surface area contributed by atoms with Crippen LogP contribution in [0.25, 0.3) is 10.8 Å². The van der Waals surface area contributed by atoms with E-state index in [2.05, 4.69) is 0 Å². The first-order valence-corrected chi connectivity index (χ1v) is 7.97. The van der Waals surface area contributed by atoms with Crippen LogP contribution in [0.15, 0.2) is 66.7 Å². The van der Waals surface area contributed by atoms with Gasteiger partial charge in [-0.25, -0.2) is 0 Å². The Morgan fingerprint density at radius 2 is 1.72 bits per heavy atom. The molecule has 0 N–H and O–H groups in total. The molecule has 0 saturated carbocycles. The third-order valence-corrected chi connectivity index (χ3v) is 4.46. The van der Waals surface area contributed by atoms with Gasteiger partial charge in [-0.3, -0.25) is 14.9 Å². The second-order valence-corrected chi connectivity index (χ2v) is 6.01. The van der Waals surface area contributed by atoms with Gasteiger partial charge in [0.1, 0.15) is 0 Å². The maximum absolute atomic E-state index is 12.8.